The Balaban J connectivity index is 1.66. The van der Waals surface area contributed by atoms with Gasteiger partial charge in [0.1, 0.15) is 24.2 Å². The molecule has 2 aliphatic heterocycles. The molecule has 15 nitrogen and oxygen atoms in total. The maximum atomic E-state index is 14.0. The van der Waals surface area contributed by atoms with Crippen LogP contribution in [0.25, 0.3) is 10.4 Å². The second-order valence-electron chi connectivity index (χ2n) is 13.0. The number of aliphatic hydroxyl groups excluding tert-OH is 1. The van der Waals surface area contributed by atoms with E-state index in [1.54, 1.807) is 50.5 Å². The lowest BCUT2D eigenvalue weighted by molar-refractivity contribution is -0.144. The lowest BCUT2D eigenvalue weighted by Gasteiger charge is -2.35. The van der Waals surface area contributed by atoms with Crippen molar-refractivity contribution in [3.63, 3.8) is 0 Å². The van der Waals surface area contributed by atoms with E-state index in [0.29, 0.717) is 11.3 Å². The minimum absolute atomic E-state index is 0.00383. The van der Waals surface area contributed by atoms with Gasteiger partial charge in [0.2, 0.25) is 35.4 Å². The number of aliphatic hydroxyl groups is 1. The van der Waals surface area contributed by atoms with E-state index in [0.717, 1.165) is 16.1 Å². The number of hydrogen-bond acceptors (Lipinski definition) is 11. The summed E-state index contributed by atoms with van der Waals surface area (Å²) < 4.78 is 0. The molecule has 1 aromatic heterocycles. The van der Waals surface area contributed by atoms with Gasteiger partial charge in [-0.05, 0) is 23.5 Å². The van der Waals surface area contributed by atoms with Gasteiger partial charge in [-0.3, -0.25) is 28.8 Å². The minimum Gasteiger partial charge on any atom is -0.391 e. The number of hydrogen-bond donors (Lipinski definition) is 7. The van der Waals surface area contributed by atoms with Crippen molar-refractivity contribution in [1.29, 1.82) is 0 Å². The molecular weight excluding hydrogens is 673 g/mol. The van der Waals surface area contributed by atoms with Gasteiger partial charge < -0.3 is 42.3 Å². The van der Waals surface area contributed by atoms with Gasteiger partial charge in [-0.15, -0.1) is 11.3 Å². The van der Waals surface area contributed by atoms with E-state index < -0.39 is 77.7 Å². The lowest BCUT2D eigenvalue weighted by atomic mass is 9.85. The third-order valence-corrected chi connectivity index (χ3v) is 10.1. The summed E-state index contributed by atoms with van der Waals surface area (Å²) in [5.74, 6) is -3.23. The third kappa shape index (κ3) is 9.77. The van der Waals surface area contributed by atoms with Crippen LogP contribution in [0.1, 0.15) is 44.5 Å². The molecule has 4 rings (SSSR count). The van der Waals surface area contributed by atoms with Crippen LogP contribution in [-0.2, 0) is 28.8 Å². The van der Waals surface area contributed by atoms with Crippen LogP contribution in [0.4, 0.5) is 0 Å². The van der Waals surface area contributed by atoms with Crippen LogP contribution in [0.15, 0.2) is 29.8 Å². The molecular formula is C32H44N8O7S2. The summed E-state index contributed by atoms with van der Waals surface area (Å²) in [5, 5.41) is 23.8. The number of nitrogens with one attached hydrogen (secondary N) is 5. The Bertz CT molecular complexity index is 1540. The van der Waals surface area contributed by atoms with Crippen LogP contribution in [0.5, 0.6) is 0 Å². The highest BCUT2D eigenvalue weighted by Crippen LogP contribution is 2.30. The van der Waals surface area contributed by atoms with E-state index in [-0.39, 0.29) is 31.8 Å². The summed E-state index contributed by atoms with van der Waals surface area (Å²) in [6, 6.07) is 2.38. The SMILES string of the molecule is Cc1ncsc1-c1ccc([C@H]2NC(=O)[C@@H]3C[C@@H](O)CN3C(=O)[C@H](C(C)(C)C)NC(=O)CSCCNC(=O)[C@@H](CN)NC(=O)CNC2=O)cc1. The Morgan fingerprint density at radius 3 is 2.31 bits per heavy atom. The fourth-order valence-electron chi connectivity index (χ4n) is 5.55. The summed E-state index contributed by atoms with van der Waals surface area (Å²) in [6.07, 6.45) is -1.10. The average Bonchev–Trinajstić information content (AvgIpc) is 3.67. The van der Waals surface area contributed by atoms with Crippen LogP contribution in [-0.4, -0.2) is 112 Å². The largest absolute Gasteiger partial charge is 0.391 e. The van der Waals surface area contributed by atoms with Gasteiger partial charge in [-0.2, -0.15) is 11.8 Å². The summed E-state index contributed by atoms with van der Waals surface area (Å²) in [5.41, 5.74) is 8.78. The van der Waals surface area contributed by atoms with Crippen LogP contribution in [0.3, 0.4) is 0 Å². The van der Waals surface area contributed by atoms with Crippen molar-refractivity contribution in [2.24, 2.45) is 11.1 Å². The van der Waals surface area contributed by atoms with Crippen molar-refractivity contribution < 1.29 is 33.9 Å². The molecule has 0 bridgehead atoms. The molecule has 3 heterocycles. The van der Waals surface area contributed by atoms with Crippen molar-refractivity contribution in [2.45, 2.75) is 64.4 Å². The van der Waals surface area contributed by atoms with Gasteiger partial charge in [0, 0.05) is 31.8 Å². The molecule has 0 spiro atoms. The average molecular weight is 717 g/mol. The number of nitrogens with two attached hydrogens (primary N) is 1. The highest BCUT2D eigenvalue weighted by atomic mass is 32.2. The third-order valence-electron chi connectivity index (χ3n) is 8.17. The second-order valence-corrected chi connectivity index (χ2v) is 15.0. The number of benzene rings is 1. The fraction of sp³-hybridized carbons (Fsp3) is 0.531. The van der Waals surface area contributed by atoms with Crippen molar-refractivity contribution in [3.05, 3.63) is 41.0 Å². The number of carbonyl (C=O) groups is 6. The van der Waals surface area contributed by atoms with Gasteiger partial charge in [0.05, 0.1) is 34.5 Å². The molecule has 0 radical (unpaired) electrons. The number of rotatable bonds is 3. The molecule has 6 amide bonds. The molecule has 2 saturated heterocycles. The first-order chi connectivity index (χ1) is 23.2. The maximum absolute atomic E-state index is 14.0. The molecule has 1 aromatic carbocycles. The first-order valence-corrected chi connectivity index (χ1v) is 17.9. The first-order valence-electron chi connectivity index (χ1n) is 15.9. The fourth-order valence-corrected chi connectivity index (χ4v) is 7.02. The predicted molar refractivity (Wildman–Crippen MR) is 185 cm³/mol. The van der Waals surface area contributed by atoms with Crippen molar-refractivity contribution in [3.8, 4) is 10.4 Å². The molecule has 17 heteroatoms. The maximum Gasteiger partial charge on any atom is 0.247 e. The van der Waals surface area contributed by atoms with Gasteiger partial charge >= 0.3 is 0 Å². The Kier molecular flexibility index (Phi) is 12.8. The standard InChI is InChI=1S/C32H44N8O7S2/c1-17-26(49-16-36-17)19-7-5-18(6-8-19)25-30(46)35-13-23(42)37-21(12-33)28(44)34-9-10-48-15-24(43)38-27(32(2,3)4)31(47)40-14-20(41)11-22(40)29(45)39-25/h5-8,16,20-22,25,27,41H,9-15,33H2,1-4H3,(H,34,44)(H,35,46)(H,37,42)(H,38,43)(H,39,45)/t20-,21-,22+,25-,27-/m1/s1. The van der Waals surface area contributed by atoms with Gasteiger partial charge in [0.15, 0.2) is 0 Å². The number of aromatic nitrogens is 1. The molecule has 5 atom stereocenters. The van der Waals surface area contributed by atoms with Crippen molar-refractivity contribution in [2.75, 3.05) is 37.7 Å². The van der Waals surface area contributed by atoms with Crippen molar-refractivity contribution in [1.82, 2.24) is 36.5 Å². The van der Waals surface area contributed by atoms with Crippen LogP contribution < -0.4 is 32.3 Å². The van der Waals surface area contributed by atoms with E-state index in [4.69, 9.17) is 5.73 Å². The molecule has 266 valence electrons. The highest BCUT2D eigenvalue weighted by Gasteiger charge is 2.45. The number of nitrogens with zero attached hydrogens (tertiary/aromatic N) is 2. The summed E-state index contributed by atoms with van der Waals surface area (Å²) >= 11 is 2.69. The van der Waals surface area contributed by atoms with E-state index in [1.165, 1.54) is 28.0 Å². The van der Waals surface area contributed by atoms with Crippen LogP contribution in [0.2, 0.25) is 0 Å². The quantitative estimate of drug-likeness (QED) is 0.209. The Hall–Kier alpha value is -4.06. The zero-order chi connectivity index (χ0) is 35.9. The van der Waals surface area contributed by atoms with Gasteiger partial charge in [-0.25, -0.2) is 4.98 Å². The number of aryl methyl sites for hydroxylation is 1. The van der Waals surface area contributed by atoms with Gasteiger partial charge in [0.25, 0.3) is 0 Å². The zero-order valence-corrected chi connectivity index (χ0v) is 29.5. The molecule has 0 saturated carbocycles. The number of fused-ring (bicyclic) bond motifs is 1. The lowest BCUT2D eigenvalue weighted by Crippen LogP contribution is -2.58. The topological polar surface area (TPSA) is 225 Å². The second kappa shape index (κ2) is 16.6. The van der Waals surface area contributed by atoms with E-state index in [1.807, 2.05) is 6.92 Å². The number of thiazole rings is 1. The molecule has 8 N–H and O–H groups in total. The summed E-state index contributed by atoms with van der Waals surface area (Å²) in [4.78, 5) is 86.4. The molecule has 49 heavy (non-hydrogen) atoms. The van der Waals surface area contributed by atoms with E-state index in [2.05, 4.69) is 31.6 Å². The zero-order valence-electron chi connectivity index (χ0n) is 27.9. The Morgan fingerprint density at radius 1 is 0.959 bits per heavy atom. The highest BCUT2D eigenvalue weighted by molar-refractivity contribution is 7.99. The molecule has 2 aliphatic rings. The smallest absolute Gasteiger partial charge is 0.247 e. The van der Waals surface area contributed by atoms with E-state index >= 15 is 0 Å². The summed E-state index contributed by atoms with van der Waals surface area (Å²) in [7, 11) is 0. The molecule has 2 fully saturated rings. The monoisotopic (exact) mass is 716 g/mol. The minimum atomic E-state index is -1.30. The first kappa shape index (κ1) is 37.8. The van der Waals surface area contributed by atoms with Crippen molar-refractivity contribution >= 4 is 58.5 Å². The predicted octanol–water partition coefficient (Wildman–Crippen LogP) is -0.809. The van der Waals surface area contributed by atoms with Crippen LogP contribution in [0, 0.1) is 12.3 Å². The van der Waals surface area contributed by atoms with Gasteiger partial charge in [-0.1, -0.05) is 45.0 Å². The van der Waals surface area contributed by atoms with Crippen LogP contribution >= 0.6 is 23.1 Å². The number of carbonyl (C=O) groups excluding carboxylic acids is 6. The normalized spacial score (nSPS) is 25.7. The molecule has 0 aliphatic carbocycles. The molecule has 2 aromatic rings. The number of thioether (sulfide) groups is 1. The summed E-state index contributed by atoms with van der Waals surface area (Å²) in [6.45, 7) is 6.55. The Labute approximate surface area is 292 Å². The molecule has 0 unspecified atom stereocenters. The number of amides is 6. The Morgan fingerprint density at radius 2 is 1.67 bits per heavy atom. The van der Waals surface area contributed by atoms with E-state index in [9.17, 15) is 33.9 Å².